The number of nitrogens with one attached hydrogen (secondary N) is 2. The normalized spacial score (nSPS) is 25.0. The third-order valence-electron chi connectivity index (χ3n) is 5.40. The van der Waals surface area contributed by atoms with Gasteiger partial charge in [0.15, 0.2) is 6.04 Å². The molecule has 0 saturated carbocycles. The molecule has 1 aromatic carbocycles. The van der Waals surface area contributed by atoms with Crippen LogP contribution in [0.2, 0.25) is 0 Å². The first-order chi connectivity index (χ1) is 13.3. The highest BCUT2D eigenvalue weighted by Crippen LogP contribution is 2.26. The third kappa shape index (κ3) is 3.76. The van der Waals surface area contributed by atoms with Gasteiger partial charge in [-0.25, -0.2) is 14.5 Å². The Bertz CT molecular complexity index is 782. The molecule has 2 aliphatic heterocycles. The highest BCUT2D eigenvalue weighted by molar-refractivity contribution is 6.22. The summed E-state index contributed by atoms with van der Waals surface area (Å²) in [6.07, 6.45) is 0.114. The van der Waals surface area contributed by atoms with Crippen molar-refractivity contribution in [2.75, 3.05) is 52.3 Å². The highest BCUT2D eigenvalue weighted by Gasteiger charge is 2.47. The zero-order valence-electron chi connectivity index (χ0n) is 16.2. The largest absolute Gasteiger partial charge is 0.465 e. The lowest BCUT2D eigenvalue weighted by atomic mass is 10.1. The van der Waals surface area contributed by atoms with Crippen LogP contribution in [0, 0.1) is 0 Å². The van der Waals surface area contributed by atoms with Crippen molar-refractivity contribution in [2.24, 2.45) is 0 Å². The molecule has 150 valence electrons. The molecule has 0 aromatic heterocycles. The summed E-state index contributed by atoms with van der Waals surface area (Å²) in [4.78, 5) is 53.2. The Morgan fingerprint density at radius 2 is 1.50 bits per heavy atom. The lowest BCUT2D eigenvalue weighted by molar-refractivity contribution is -1.01. The van der Waals surface area contributed by atoms with Crippen LogP contribution in [-0.2, 0) is 19.1 Å². The summed E-state index contributed by atoms with van der Waals surface area (Å²) in [5.74, 6) is -1.99. The summed E-state index contributed by atoms with van der Waals surface area (Å²) < 4.78 is 9.43. The fourth-order valence-electron chi connectivity index (χ4n) is 3.78. The summed E-state index contributed by atoms with van der Waals surface area (Å²) in [5, 5.41) is 0. The van der Waals surface area contributed by atoms with Crippen LogP contribution in [0.3, 0.4) is 0 Å². The van der Waals surface area contributed by atoms with Crippen LogP contribution in [0.5, 0.6) is 0 Å². The fourth-order valence-corrected chi connectivity index (χ4v) is 3.78. The standard InChI is InChI=1S/C19H23N3O6/c1-20-4-6-21(7-5-20)15-11-16(23)22(17(15)24)14-9-12(18(25)27-2)8-13(10-14)19(26)28-3/h8-10,15H,4-7,11H2,1-3H3/p+2/t15-/m0/s1. The Kier molecular flexibility index (Phi) is 5.76. The minimum atomic E-state index is -0.671. The first-order valence-corrected chi connectivity index (χ1v) is 9.20. The Morgan fingerprint density at radius 1 is 0.964 bits per heavy atom. The number of nitrogens with zero attached hydrogens (tertiary/aromatic N) is 1. The Morgan fingerprint density at radius 3 is 2.00 bits per heavy atom. The van der Waals surface area contributed by atoms with E-state index in [9.17, 15) is 19.2 Å². The van der Waals surface area contributed by atoms with Gasteiger partial charge in [-0.3, -0.25) is 9.59 Å². The average Bonchev–Trinajstić information content (AvgIpc) is 3.00. The predicted octanol–water partition coefficient (Wildman–Crippen LogP) is -2.70. The van der Waals surface area contributed by atoms with Gasteiger partial charge < -0.3 is 19.3 Å². The van der Waals surface area contributed by atoms with Crippen LogP contribution in [0.1, 0.15) is 27.1 Å². The number of hydrogen-bond donors (Lipinski definition) is 2. The number of carbonyl (C=O) groups is 4. The van der Waals surface area contributed by atoms with E-state index < -0.39 is 18.0 Å². The van der Waals surface area contributed by atoms with Crippen molar-refractivity contribution in [1.82, 2.24) is 0 Å². The molecule has 2 N–H and O–H groups in total. The van der Waals surface area contributed by atoms with E-state index in [0.29, 0.717) is 0 Å². The second kappa shape index (κ2) is 8.07. The van der Waals surface area contributed by atoms with Gasteiger partial charge in [-0.2, -0.15) is 0 Å². The van der Waals surface area contributed by atoms with Crippen LogP contribution in [0.4, 0.5) is 5.69 Å². The number of hydrogen-bond acceptors (Lipinski definition) is 6. The van der Waals surface area contributed by atoms with E-state index in [1.165, 1.54) is 37.3 Å². The molecule has 0 spiro atoms. The maximum absolute atomic E-state index is 13.0. The topological polar surface area (TPSA) is 98.9 Å². The number of piperazine rings is 1. The summed E-state index contributed by atoms with van der Waals surface area (Å²) in [6.45, 7) is 3.52. The van der Waals surface area contributed by atoms with E-state index in [4.69, 9.17) is 9.47 Å². The fraction of sp³-hybridized carbons (Fsp3) is 0.474. The van der Waals surface area contributed by atoms with Crippen LogP contribution in [0.25, 0.3) is 0 Å². The van der Waals surface area contributed by atoms with Gasteiger partial charge in [0, 0.05) is 0 Å². The number of imide groups is 1. The van der Waals surface area contributed by atoms with Gasteiger partial charge in [-0.15, -0.1) is 0 Å². The number of amides is 2. The molecule has 2 amide bonds. The molecule has 2 fully saturated rings. The third-order valence-corrected chi connectivity index (χ3v) is 5.40. The maximum atomic E-state index is 13.0. The monoisotopic (exact) mass is 391 g/mol. The van der Waals surface area contributed by atoms with Gasteiger partial charge in [0.2, 0.25) is 5.91 Å². The summed E-state index contributed by atoms with van der Waals surface area (Å²) in [7, 11) is 4.54. The summed E-state index contributed by atoms with van der Waals surface area (Å²) >= 11 is 0. The van der Waals surface area contributed by atoms with Gasteiger partial charge in [-0.05, 0) is 18.2 Å². The lowest BCUT2D eigenvalue weighted by Crippen LogP contribution is -3.29. The summed E-state index contributed by atoms with van der Waals surface area (Å²) in [5.41, 5.74) is 0.319. The van der Waals surface area contributed by atoms with E-state index in [0.717, 1.165) is 36.0 Å². The maximum Gasteiger partial charge on any atom is 0.337 e. The molecule has 1 atom stereocenters. The van der Waals surface area contributed by atoms with Crippen LogP contribution >= 0.6 is 0 Å². The Hall–Kier alpha value is -2.78. The number of carbonyl (C=O) groups excluding carboxylic acids is 4. The number of esters is 2. The Labute approximate surface area is 162 Å². The zero-order valence-corrected chi connectivity index (χ0v) is 16.2. The van der Waals surface area contributed by atoms with Gasteiger partial charge >= 0.3 is 11.9 Å². The number of quaternary nitrogens is 2. The van der Waals surface area contributed by atoms with E-state index in [-0.39, 0.29) is 35.0 Å². The van der Waals surface area contributed by atoms with Crippen LogP contribution in [-0.4, -0.2) is 77.2 Å². The molecule has 1 aromatic rings. The number of methoxy groups -OCH3 is 2. The quantitative estimate of drug-likeness (QED) is 0.428. The second-order valence-corrected chi connectivity index (χ2v) is 7.19. The molecule has 2 aliphatic rings. The highest BCUT2D eigenvalue weighted by atomic mass is 16.5. The van der Waals surface area contributed by atoms with Gasteiger partial charge in [-0.1, -0.05) is 0 Å². The van der Waals surface area contributed by atoms with E-state index in [1.807, 2.05) is 0 Å². The molecule has 28 heavy (non-hydrogen) atoms. The van der Waals surface area contributed by atoms with Crippen molar-refractivity contribution in [2.45, 2.75) is 12.5 Å². The van der Waals surface area contributed by atoms with Crippen molar-refractivity contribution >= 4 is 29.4 Å². The molecular formula is C19H25N3O6+2. The van der Waals surface area contributed by atoms with Crippen LogP contribution in [0.15, 0.2) is 18.2 Å². The summed E-state index contributed by atoms with van der Waals surface area (Å²) in [6, 6.07) is 3.65. The number of rotatable bonds is 4. The molecule has 9 nitrogen and oxygen atoms in total. The number of anilines is 1. The van der Waals surface area contributed by atoms with Gasteiger partial charge in [0.1, 0.15) is 26.2 Å². The molecular weight excluding hydrogens is 366 g/mol. The van der Waals surface area contributed by atoms with Crippen molar-refractivity contribution in [3.05, 3.63) is 29.3 Å². The predicted molar refractivity (Wildman–Crippen MR) is 97.3 cm³/mol. The molecule has 2 saturated heterocycles. The second-order valence-electron chi connectivity index (χ2n) is 7.19. The van der Waals surface area contributed by atoms with E-state index in [1.54, 1.807) is 0 Å². The molecule has 2 heterocycles. The van der Waals surface area contributed by atoms with Crippen molar-refractivity contribution in [3.8, 4) is 0 Å². The van der Waals surface area contributed by atoms with E-state index in [2.05, 4.69) is 7.05 Å². The van der Waals surface area contributed by atoms with E-state index >= 15 is 0 Å². The van der Waals surface area contributed by atoms with Crippen LogP contribution < -0.4 is 14.7 Å². The molecule has 0 radical (unpaired) electrons. The SMILES string of the molecule is COC(=O)c1cc(C(=O)OC)cc(N2C(=O)C[C@H]([NH+]3CC[NH+](C)CC3)C2=O)c1. The lowest BCUT2D eigenvalue weighted by Gasteiger charge is -2.30. The molecule has 9 heteroatoms. The van der Waals surface area contributed by atoms with Crippen molar-refractivity contribution in [3.63, 3.8) is 0 Å². The number of likely N-dealkylation sites (N-methyl/N-ethyl adjacent to an activating group) is 1. The van der Waals surface area contributed by atoms with Gasteiger partial charge in [0.25, 0.3) is 5.91 Å². The smallest absolute Gasteiger partial charge is 0.337 e. The van der Waals surface area contributed by atoms with Crippen molar-refractivity contribution in [1.29, 1.82) is 0 Å². The first kappa shape index (κ1) is 20.0. The Balaban J connectivity index is 1.93. The van der Waals surface area contributed by atoms with Crippen molar-refractivity contribution < 1.29 is 38.5 Å². The molecule has 0 unspecified atom stereocenters. The minimum Gasteiger partial charge on any atom is -0.465 e. The number of benzene rings is 1. The average molecular weight is 391 g/mol. The van der Waals surface area contributed by atoms with Gasteiger partial charge in [0.05, 0.1) is 44.5 Å². The zero-order chi connectivity index (χ0) is 20.4. The molecule has 0 aliphatic carbocycles. The first-order valence-electron chi connectivity index (χ1n) is 9.20. The minimum absolute atomic E-state index is 0.0694. The molecule has 0 bridgehead atoms. The number of ether oxygens (including phenoxy) is 2. The molecule has 3 rings (SSSR count).